The number of nitrogens with zero attached hydrogens (tertiary/aromatic N) is 3. The maximum atomic E-state index is 12.6. The molecular formula is C18H23N3O2S. The summed E-state index contributed by atoms with van der Waals surface area (Å²) in [6.07, 6.45) is 3.34. The number of aromatic nitrogens is 1. The van der Waals surface area contributed by atoms with Gasteiger partial charge in [0.15, 0.2) is 0 Å². The first-order valence-electron chi connectivity index (χ1n) is 8.16. The van der Waals surface area contributed by atoms with Gasteiger partial charge in [-0.15, -0.1) is 11.3 Å². The molecule has 0 radical (unpaired) electrons. The van der Waals surface area contributed by atoms with Crippen molar-refractivity contribution < 1.29 is 9.90 Å². The molecule has 0 spiro atoms. The number of carbonyl (C=O) groups is 1. The number of thiophene rings is 1. The summed E-state index contributed by atoms with van der Waals surface area (Å²) in [6, 6.07) is 7.74. The molecule has 1 fully saturated rings. The first-order valence-corrected chi connectivity index (χ1v) is 9.04. The number of piperidine rings is 1. The second-order valence-corrected chi connectivity index (χ2v) is 7.45. The van der Waals surface area contributed by atoms with E-state index in [1.165, 1.54) is 11.3 Å². The standard InChI is InChI=1S/C18H23N3O2S/c1-14-7-11-24-16(14)17(22)20(2)12-18(23)8-5-10-21(13-18)15-6-3-4-9-19-15/h3-4,6-7,9,11,23H,5,8,10,12-13H2,1-2H3/t18-/m0/s1. The van der Waals surface area contributed by atoms with Gasteiger partial charge in [0.2, 0.25) is 0 Å². The summed E-state index contributed by atoms with van der Waals surface area (Å²) < 4.78 is 0. The van der Waals surface area contributed by atoms with Crippen LogP contribution in [-0.2, 0) is 0 Å². The Labute approximate surface area is 146 Å². The minimum Gasteiger partial charge on any atom is -0.386 e. The predicted molar refractivity (Wildman–Crippen MR) is 96.7 cm³/mol. The van der Waals surface area contributed by atoms with Gasteiger partial charge in [0.1, 0.15) is 5.82 Å². The van der Waals surface area contributed by atoms with Gasteiger partial charge in [-0.1, -0.05) is 6.07 Å². The number of amides is 1. The Morgan fingerprint density at radius 2 is 2.29 bits per heavy atom. The van der Waals surface area contributed by atoms with Crippen molar-refractivity contribution in [2.75, 3.05) is 31.6 Å². The zero-order chi connectivity index (χ0) is 17.2. The van der Waals surface area contributed by atoms with Crippen molar-refractivity contribution in [2.24, 2.45) is 0 Å². The molecule has 1 amide bonds. The van der Waals surface area contributed by atoms with Crippen molar-refractivity contribution in [3.05, 3.63) is 46.3 Å². The van der Waals surface area contributed by atoms with Gasteiger partial charge in [-0.05, 0) is 48.9 Å². The average Bonchev–Trinajstić information content (AvgIpc) is 3.00. The molecule has 0 saturated carbocycles. The summed E-state index contributed by atoms with van der Waals surface area (Å²) in [5.74, 6) is 0.851. The number of hydrogen-bond acceptors (Lipinski definition) is 5. The van der Waals surface area contributed by atoms with Crippen LogP contribution in [0.4, 0.5) is 5.82 Å². The van der Waals surface area contributed by atoms with E-state index in [-0.39, 0.29) is 5.91 Å². The average molecular weight is 345 g/mol. The number of aliphatic hydroxyl groups is 1. The van der Waals surface area contributed by atoms with Crippen LogP contribution in [0.15, 0.2) is 35.8 Å². The molecule has 1 aliphatic heterocycles. The predicted octanol–water partition coefficient (Wildman–Crippen LogP) is 2.56. The van der Waals surface area contributed by atoms with Gasteiger partial charge in [0.25, 0.3) is 5.91 Å². The van der Waals surface area contributed by atoms with E-state index in [0.717, 1.165) is 29.2 Å². The van der Waals surface area contributed by atoms with E-state index in [4.69, 9.17) is 0 Å². The van der Waals surface area contributed by atoms with Crippen LogP contribution in [0.1, 0.15) is 28.1 Å². The molecule has 6 heteroatoms. The quantitative estimate of drug-likeness (QED) is 0.925. The van der Waals surface area contributed by atoms with Crippen LogP contribution in [0.3, 0.4) is 0 Å². The molecule has 3 rings (SSSR count). The van der Waals surface area contributed by atoms with Crippen LogP contribution in [0.5, 0.6) is 0 Å². The molecule has 2 aromatic rings. The normalized spacial score (nSPS) is 20.9. The minimum absolute atomic E-state index is 0.0223. The van der Waals surface area contributed by atoms with E-state index >= 15 is 0 Å². The first-order chi connectivity index (χ1) is 11.5. The summed E-state index contributed by atoms with van der Waals surface area (Å²) in [5.41, 5.74) is 0.0772. The Balaban J connectivity index is 1.69. The molecule has 128 valence electrons. The molecule has 0 unspecified atom stereocenters. The fourth-order valence-corrected chi connectivity index (χ4v) is 4.18. The number of aryl methyl sites for hydroxylation is 1. The largest absolute Gasteiger partial charge is 0.386 e. The van der Waals surface area contributed by atoms with Crippen LogP contribution in [0.25, 0.3) is 0 Å². The molecule has 5 nitrogen and oxygen atoms in total. The van der Waals surface area contributed by atoms with Crippen LogP contribution < -0.4 is 4.90 Å². The molecule has 0 aromatic carbocycles. The fraction of sp³-hybridized carbons (Fsp3) is 0.444. The summed E-state index contributed by atoms with van der Waals surface area (Å²) in [5, 5.41) is 13.0. The van der Waals surface area contributed by atoms with Crippen molar-refractivity contribution in [2.45, 2.75) is 25.4 Å². The van der Waals surface area contributed by atoms with Gasteiger partial charge in [0, 0.05) is 26.3 Å². The second kappa shape index (κ2) is 6.91. The molecule has 1 aliphatic rings. The molecule has 1 atom stereocenters. The van der Waals surface area contributed by atoms with Crippen molar-refractivity contribution in [1.82, 2.24) is 9.88 Å². The zero-order valence-electron chi connectivity index (χ0n) is 14.1. The highest BCUT2D eigenvalue weighted by Gasteiger charge is 2.36. The lowest BCUT2D eigenvalue weighted by Crippen LogP contribution is -2.54. The number of rotatable bonds is 4. The molecule has 0 bridgehead atoms. The number of carbonyl (C=O) groups excluding carboxylic acids is 1. The monoisotopic (exact) mass is 345 g/mol. The second-order valence-electron chi connectivity index (χ2n) is 6.53. The Kier molecular flexibility index (Phi) is 4.87. The molecule has 2 aromatic heterocycles. The van der Waals surface area contributed by atoms with Gasteiger partial charge in [-0.2, -0.15) is 0 Å². The lowest BCUT2D eigenvalue weighted by Gasteiger charge is -2.41. The van der Waals surface area contributed by atoms with Gasteiger partial charge in [0.05, 0.1) is 17.0 Å². The van der Waals surface area contributed by atoms with E-state index in [1.807, 2.05) is 36.6 Å². The van der Waals surface area contributed by atoms with Crippen molar-refractivity contribution in [3.63, 3.8) is 0 Å². The molecule has 3 heterocycles. The van der Waals surface area contributed by atoms with E-state index < -0.39 is 5.60 Å². The van der Waals surface area contributed by atoms with Gasteiger partial charge in [-0.3, -0.25) is 4.79 Å². The topological polar surface area (TPSA) is 56.7 Å². The number of likely N-dealkylation sites (N-methyl/N-ethyl adjacent to an activating group) is 1. The summed E-state index contributed by atoms with van der Waals surface area (Å²) in [6.45, 7) is 3.63. The van der Waals surface area contributed by atoms with Crippen LogP contribution in [0.2, 0.25) is 0 Å². The van der Waals surface area contributed by atoms with Crippen LogP contribution >= 0.6 is 11.3 Å². The summed E-state index contributed by atoms with van der Waals surface area (Å²) in [4.78, 5) is 21.4. The molecular weight excluding hydrogens is 322 g/mol. The molecule has 1 saturated heterocycles. The van der Waals surface area contributed by atoms with E-state index in [2.05, 4.69) is 9.88 Å². The number of hydrogen-bond donors (Lipinski definition) is 1. The number of anilines is 1. The molecule has 0 aliphatic carbocycles. The van der Waals surface area contributed by atoms with Crippen molar-refractivity contribution >= 4 is 23.1 Å². The van der Waals surface area contributed by atoms with E-state index in [1.54, 1.807) is 18.1 Å². The highest BCUT2D eigenvalue weighted by molar-refractivity contribution is 7.12. The SMILES string of the molecule is Cc1ccsc1C(=O)N(C)C[C@@]1(O)CCCN(c2ccccn2)C1. The van der Waals surface area contributed by atoms with Crippen LogP contribution in [0, 0.1) is 6.92 Å². The number of β-amino-alcohol motifs (C(OH)–C–C–N with tert-alkyl or cyclic N) is 1. The van der Waals surface area contributed by atoms with Crippen molar-refractivity contribution in [1.29, 1.82) is 0 Å². The third kappa shape index (κ3) is 3.60. The number of pyridine rings is 1. The van der Waals surface area contributed by atoms with Gasteiger partial charge >= 0.3 is 0 Å². The fourth-order valence-electron chi connectivity index (χ4n) is 3.26. The highest BCUT2D eigenvalue weighted by Crippen LogP contribution is 2.26. The maximum absolute atomic E-state index is 12.6. The van der Waals surface area contributed by atoms with Gasteiger partial charge < -0.3 is 14.9 Å². The summed E-state index contributed by atoms with van der Waals surface area (Å²) in [7, 11) is 1.76. The molecule has 1 N–H and O–H groups in total. The Morgan fingerprint density at radius 3 is 2.96 bits per heavy atom. The summed E-state index contributed by atoms with van der Waals surface area (Å²) >= 11 is 1.45. The maximum Gasteiger partial charge on any atom is 0.264 e. The Hall–Kier alpha value is -1.92. The van der Waals surface area contributed by atoms with Gasteiger partial charge in [-0.25, -0.2) is 4.98 Å². The smallest absolute Gasteiger partial charge is 0.264 e. The van der Waals surface area contributed by atoms with Crippen molar-refractivity contribution in [3.8, 4) is 0 Å². The Morgan fingerprint density at radius 1 is 1.46 bits per heavy atom. The third-order valence-electron chi connectivity index (χ3n) is 4.46. The van der Waals surface area contributed by atoms with E-state index in [0.29, 0.717) is 19.5 Å². The third-order valence-corrected chi connectivity index (χ3v) is 5.47. The first kappa shape index (κ1) is 16.9. The highest BCUT2D eigenvalue weighted by atomic mass is 32.1. The zero-order valence-corrected chi connectivity index (χ0v) is 14.9. The minimum atomic E-state index is -0.911. The Bertz CT molecular complexity index is 703. The molecule has 24 heavy (non-hydrogen) atoms. The van der Waals surface area contributed by atoms with E-state index in [9.17, 15) is 9.90 Å². The lowest BCUT2D eigenvalue weighted by molar-refractivity contribution is -0.0000291. The van der Waals surface area contributed by atoms with Crippen LogP contribution in [-0.4, -0.2) is 53.2 Å². The lowest BCUT2D eigenvalue weighted by atomic mass is 9.92.